The first kappa shape index (κ1) is 17.8. The van der Waals surface area contributed by atoms with E-state index < -0.39 is 24.5 Å². The molecule has 0 aromatic heterocycles. The minimum atomic E-state index is -1.17. The summed E-state index contributed by atoms with van der Waals surface area (Å²) in [5, 5.41) is 11.2. The van der Waals surface area contributed by atoms with Gasteiger partial charge < -0.3 is 15.2 Å². The maximum Gasteiger partial charge on any atom is 0.341 e. The summed E-state index contributed by atoms with van der Waals surface area (Å²) in [7, 11) is 0. The van der Waals surface area contributed by atoms with Crippen LogP contribution in [0.25, 0.3) is 6.08 Å². The topological polar surface area (TPSA) is 95.9 Å². The lowest BCUT2D eigenvalue weighted by Crippen LogP contribution is -2.30. The maximum atomic E-state index is 12.1. The number of nitrogens with zero attached hydrogens (tertiary/aromatic N) is 1. The number of carboxylic acid groups (broad SMARTS) is 1. The largest absolute Gasteiger partial charge is 0.479 e. The molecule has 2 rings (SSSR count). The van der Waals surface area contributed by atoms with Crippen molar-refractivity contribution in [3.05, 3.63) is 46.1 Å². The van der Waals surface area contributed by atoms with Crippen molar-refractivity contribution < 1.29 is 24.2 Å². The first-order valence-electron chi connectivity index (χ1n) is 6.62. The molecule has 0 bridgehead atoms. The molecule has 2 N–H and O–H groups in total. The van der Waals surface area contributed by atoms with Crippen LogP contribution in [0.2, 0.25) is 10.0 Å². The lowest BCUT2D eigenvalue weighted by atomic mass is 10.1. The van der Waals surface area contributed by atoms with Crippen molar-refractivity contribution in [3.63, 3.8) is 0 Å². The van der Waals surface area contributed by atoms with E-state index in [2.05, 4.69) is 11.9 Å². The molecule has 126 valence electrons. The van der Waals surface area contributed by atoms with Gasteiger partial charge in [-0.2, -0.15) is 0 Å². The van der Waals surface area contributed by atoms with E-state index >= 15 is 0 Å². The fourth-order valence-electron chi connectivity index (χ4n) is 1.97. The average molecular weight is 371 g/mol. The summed E-state index contributed by atoms with van der Waals surface area (Å²) < 4.78 is 5.00. The first-order chi connectivity index (χ1) is 11.3. The third-order valence-corrected chi connectivity index (χ3v) is 3.51. The average Bonchev–Trinajstić information content (AvgIpc) is 2.74. The fraction of sp³-hybridized carbons (Fsp3) is 0.133. The van der Waals surface area contributed by atoms with Crippen LogP contribution in [0.1, 0.15) is 5.56 Å². The maximum absolute atomic E-state index is 12.1. The normalized spacial score (nSPS) is 15.6. The molecule has 1 aliphatic rings. The van der Waals surface area contributed by atoms with Gasteiger partial charge >= 0.3 is 12.0 Å². The zero-order valence-electron chi connectivity index (χ0n) is 12.2. The molecule has 0 atom stereocenters. The van der Waals surface area contributed by atoms with Crippen molar-refractivity contribution in [2.24, 2.45) is 0 Å². The van der Waals surface area contributed by atoms with Crippen LogP contribution in [0.5, 0.6) is 5.75 Å². The highest BCUT2D eigenvalue weighted by Crippen LogP contribution is 2.35. The summed E-state index contributed by atoms with van der Waals surface area (Å²) in [5.74, 6) is -1.65. The summed E-state index contributed by atoms with van der Waals surface area (Å²) in [5.41, 5.74) is 0.505. The molecule has 1 aliphatic heterocycles. The number of carbonyl (C=O) groups is 3. The first-order valence-corrected chi connectivity index (χ1v) is 7.38. The molecule has 9 heteroatoms. The van der Waals surface area contributed by atoms with Crippen LogP contribution < -0.4 is 10.1 Å². The Morgan fingerprint density at radius 3 is 2.50 bits per heavy atom. The van der Waals surface area contributed by atoms with Crippen LogP contribution in [-0.2, 0) is 9.59 Å². The SMILES string of the molecule is C=CCN1C(=O)N/C(=C/c2cc(Cl)c(OCC(=O)O)c(Cl)c2)C1=O. The van der Waals surface area contributed by atoms with Gasteiger partial charge in [0.25, 0.3) is 5.91 Å². The Bertz CT molecular complexity index is 737. The zero-order chi connectivity index (χ0) is 17.9. The molecule has 1 saturated heterocycles. The van der Waals surface area contributed by atoms with Gasteiger partial charge in [0, 0.05) is 6.54 Å². The van der Waals surface area contributed by atoms with Gasteiger partial charge in [0.1, 0.15) is 5.70 Å². The summed E-state index contributed by atoms with van der Waals surface area (Å²) in [6.45, 7) is 2.98. The number of rotatable bonds is 6. The van der Waals surface area contributed by atoms with Crippen LogP contribution in [0.15, 0.2) is 30.5 Å². The van der Waals surface area contributed by atoms with Crippen molar-refractivity contribution in [2.75, 3.05) is 13.2 Å². The lowest BCUT2D eigenvalue weighted by molar-refractivity contribution is -0.139. The second kappa shape index (κ2) is 7.37. The number of carboxylic acids is 1. The third-order valence-electron chi connectivity index (χ3n) is 2.95. The van der Waals surface area contributed by atoms with Crippen LogP contribution in [0.3, 0.4) is 0 Å². The molecule has 3 amide bonds. The molecule has 1 heterocycles. The number of aliphatic carboxylic acids is 1. The number of hydrogen-bond donors (Lipinski definition) is 2. The van der Waals surface area contributed by atoms with Gasteiger partial charge in [-0.25, -0.2) is 9.59 Å². The van der Waals surface area contributed by atoms with Gasteiger partial charge in [-0.3, -0.25) is 9.69 Å². The number of amides is 3. The number of hydrogen-bond acceptors (Lipinski definition) is 4. The molecule has 0 aliphatic carbocycles. The zero-order valence-corrected chi connectivity index (χ0v) is 13.7. The summed E-state index contributed by atoms with van der Waals surface area (Å²) in [6.07, 6.45) is 2.84. The van der Waals surface area contributed by atoms with Gasteiger partial charge in [0.05, 0.1) is 10.0 Å². The Labute approximate surface area is 147 Å². The van der Waals surface area contributed by atoms with Crippen LogP contribution in [0.4, 0.5) is 4.79 Å². The smallest absolute Gasteiger partial charge is 0.341 e. The predicted octanol–water partition coefficient (Wildman–Crippen LogP) is 2.54. The number of urea groups is 1. The van der Waals surface area contributed by atoms with E-state index in [-0.39, 0.29) is 28.0 Å². The number of imide groups is 1. The molecular formula is C15H12Cl2N2O5. The quantitative estimate of drug-likeness (QED) is 0.455. The van der Waals surface area contributed by atoms with Gasteiger partial charge in [0.15, 0.2) is 12.4 Å². The number of carbonyl (C=O) groups excluding carboxylic acids is 2. The van der Waals surface area contributed by atoms with E-state index in [4.69, 9.17) is 33.0 Å². The van der Waals surface area contributed by atoms with E-state index in [0.29, 0.717) is 5.56 Å². The second-order valence-electron chi connectivity index (χ2n) is 4.69. The van der Waals surface area contributed by atoms with Crippen LogP contribution >= 0.6 is 23.2 Å². The molecule has 7 nitrogen and oxygen atoms in total. The highest BCUT2D eigenvalue weighted by molar-refractivity contribution is 6.37. The molecule has 0 spiro atoms. The highest BCUT2D eigenvalue weighted by atomic mass is 35.5. The Morgan fingerprint density at radius 1 is 1.33 bits per heavy atom. The van der Waals surface area contributed by atoms with Crippen molar-refractivity contribution >= 4 is 47.2 Å². The van der Waals surface area contributed by atoms with E-state index in [1.54, 1.807) is 0 Å². The number of ether oxygens (including phenoxy) is 1. The summed E-state index contributed by atoms with van der Waals surface area (Å²) >= 11 is 12.0. The van der Waals surface area contributed by atoms with Crippen LogP contribution in [0, 0.1) is 0 Å². The molecular weight excluding hydrogens is 359 g/mol. The lowest BCUT2D eigenvalue weighted by Gasteiger charge is -2.09. The second-order valence-corrected chi connectivity index (χ2v) is 5.50. The number of nitrogens with one attached hydrogen (secondary N) is 1. The monoisotopic (exact) mass is 370 g/mol. The van der Waals surface area contributed by atoms with Gasteiger partial charge in [-0.05, 0) is 23.8 Å². The Hall–Kier alpha value is -2.51. The number of halogens is 2. The highest BCUT2D eigenvalue weighted by Gasteiger charge is 2.32. The van der Waals surface area contributed by atoms with E-state index in [0.717, 1.165) is 4.90 Å². The molecule has 0 radical (unpaired) electrons. The fourth-order valence-corrected chi connectivity index (χ4v) is 2.58. The summed E-state index contributed by atoms with van der Waals surface area (Å²) in [6, 6.07) is 2.32. The Balaban J connectivity index is 2.27. The Kier molecular flexibility index (Phi) is 5.48. The van der Waals surface area contributed by atoms with E-state index in [1.165, 1.54) is 24.3 Å². The van der Waals surface area contributed by atoms with Crippen molar-refractivity contribution in [3.8, 4) is 5.75 Å². The van der Waals surface area contributed by atoms with E-state index in [1.807, 2.05) is 0 Å². The Morgan fingerprint density at radius 2 is 1.96 bits per heavy atom. The van der Waals surface area contributed by atoms with Crippen LogP contribution in [-0.4, -0.2) is 41.1 Å². The molecule has 0 saturated carbocycles. The minimum Gasteiger partial charge on any atom is -0.479 e. The molecule has 24 heavy (non-hydrogen) atoms. The molecule has 1 aromatic carbocycles. The number of benzene rings is 1. The van der Waals surface area contributed by atoms with Gasteiger partial charge in [0.2, 0.25) is 0 Å². The summed E-state index contributed by atoms with van der Waals surface area (Å²) in [4.78, 5) is 35.3. The van der Waals surface area contributed by atoms with Crippen molar-refractivity contribution in [1.29, 1.82) is 0 Å². The molecule has 1 aromatic rings. The third kappa shape index (κ3) is 3.87. The van der Waals surface area contributed by atoms with Gasteiger partial charge in [-0.1, -0.05) is 29.3 Å². The van der Waals surface area contributed by atoms with E-state index in [9.17, 15) is 14.4 Å². The molecule has 1 fully saturated rings. The molecule has 0 unspecified atom stereocenters. The van der Waals surface area contributed by atoms with Gasteiger partial charge in [-0.15, -0.1) is 6.58 Å². The van der Waals surface area contributed by atoms with Crippen molar-refractivity contribution in [1.82, 2.24) is 10.2 Å². The predicted molar refractivity (Wildman–Crippen MR) is 88.0 cm³/mol. The standard InChI is InChI=1S/C15H12Cl2N2O5/c1-2-3-19-14(22)11(18-15(19)23)6-8-4-9(16)13(10(17)5-8)24-7-12(20)21/h2,4-6H,1,3,7H2,(H,18,23)(H,20,21)/b11-6+. The minimum absolute atomic E-state index is 0.0259. The van der Waals surface area contributed by atoms with Crippen molar-refractivity contribution in [2.45, 2.75) is 0 Å².